The number of rotatable bonds is 5. The Balaban J connectivity index is 1.78. The second-order valence-corrected chi connectivity index (χ2v) is 5.84. The molecule has 0 saturated heterocycles. The maximum Gasteiger partial charge on any atom is 0.343 e. The number of imidazole rings is 1. The standard InChI is InChI=1S/C19H20N2O3/c1-12-9-10-15-16(11-12)21-19(20-15)24-18(22)17(23-3)13(2)14-7-5-4-6-8-14/h4-11,13,17H,1-3H3,(H,20,21). The number of benzene rings is 2. The van der Waals surface area contributed by atoms with Crippen LogP contribution in [-0.2, 0) is 9.53 Å². The van der Waals surface area contributed by atoms with Gasteiger partial charge >= 0.3 is 12.0 Å². The number of hydrogen-bond donors (Lipinski definition) is 1. The van der Waals surface area contributed by atoms with Crippen molar-refractivity contribution in [3.8, 4) is 6.01 Å². The van der Waals surface area contributed by atoms with Crippen molar-refractivity contribution < 1.29 is 14.3 Å². The summed E-state index contributed by atoms with van der Waals surface area (Å²) in [6.07, 6.45) is -0.706. The summed E-state index contributed by atoms with van der Waals surface area (Å²) < 4.78 is 10.8. The van der Waals surface area contributed by atoms with E-state index in [1.165, 1.54) is 7.11 Å². The molecule has 2 aromatic carbocycles. The van der Waals surface area contributed by atoms with E-state index in [9.17, 15) is 4.79 Å². The second-order valence-electron chi connectivity index (χ2n) is 5.84. The highest BCUT2D eigenvalue weighted by atomic mass is 16.6. The van der Waals surface area contributed by atoms with Crippen LogP contribution in [0.2, 0.25) is 0 Å². The number of H-pyrrole nitrogens is 1. The third-order valence-electron chi connectivity index (χ3n) is 4.08. The molecule has 2 unspecified atom stereocenters. The molecule has 0 bridgehead atoms. The van der Waals surface area contributed by atoms with Crippen LogP contribution in [0.5, 0.6) is 6.01 Å². The normalized spacial score (nSPS) is 13.6. The van der Waals surface area contributed by atoms with E-state index in [4.69, 9.17) is 9.47 Å². The highest BCUT2D eigenvalue weighted by Gasteiger charge is 2.28. The van der Waals surface area contributed by atoms with E-state index in [1.54, 1.807) is 0 Å². The second kappa shape index (κ2) is 6.84. The monoisotopic (exact) mass is 324 g/mol. The molecule has 0 aliphatic rings. The van der Waals surface area contributed by atoms with Crippen LogP contribution in [0.15, 0.2) is 48.5 Å². The van der Waals surface area contributed by atoms with Gasteiger partial charge in [-0.05, 0) is 30.2 Å². The third kappa shape index (κ3) is 3.31. The molecule has 0 aliphatic heterocycles. The van der Waals surface area contributed by atoms with Gasteiger partial charge in [-0.2, -0.15) is 4.98 Å². The van der Waals surface area contributed by atoms with Crippen molar-refractivity contribution in [3.63, 3.8) is 0 Å². The lowest BCUT2D eigenvalue weighted by Gasteiger charge is -2.20. The molecule has 2 atom stereocenters. The van der Waals surface area contributed by atoms with E-state index >= 15 is 0 Å². The first-order valence-electron chi connectivity index (χ1n) is 7.84. The highest BCUT2D eigenvalue weighted by molar-refractivity contribution is 5.80. The first kappa shape index (κ1) is 16.2. The Hall–Kier alpha value is -2.66. The van der Waals surface area contributed by atoms with Gasteiger partial charge in [0.05, 0.1) is 11.0 Å². The zero-order valence-electron chi connectivity index (χ0n) is 13.9. The number of aromatic amines is 1. The number of nitrogens with zero attached hydrogens (tertiary/aromatic N) is 1. The number of methoxy groups -OCH3 is 1. The van der Waals surface area contributed by atoms with Crippen molar-refractivity contribution in [2.45, 2.75) is 25.9 Å². The maximum atomic E-state index is 12.5. The van der Waals surface area contributed by atoms with Gasteiger partial charge in [0.15, 0.2) is 6.10 Å². The Bertz CT molecular complexity index is 842. The van der Waals surface area contributed by atoms with Crippen LogP contribution in [-0.4, -0.2) is 29.2 Å². The zero-order chi connectivity index (χ0) is 17.1. The van der Waals surface area contributed by atoms with Crippen molar-refractivity contribution >= 4 is 17.0 Å². The Labute approximate surface area is 140 Å². The van der Waals surface area contributed by atoms with E-state index < -0.39 is 12.1 Å². The van der Waals surface area contributed by atoms with Crippen molar-refractivity contribution in [1.82, 2.24) is 9.97 Å². The van der Waals surface area contributed by atoms with Gasteiger partial charge in [0.1, 0.15) is 0 Å². The summed E-state index contributed by atoms with van der Waals surface area (Å²) in [7, 11) is 1.51. The van der Waals surface area contributed by atoms with E-state index in [2.05, 4.69) is 9.97 Å². The average Bonchev–Trinajstić information content (AvgIpc) is 2.97. The molecule has 1 N–H and O–H groups in total. The lowest BCUT2D eigenvalue weighted by molar-refractivity contribution is -0.147. The molecule has 0 aliphatic carbocycles. The molecule has 0 spiro atoms. The van der Waals surface area contributed by atoms with Gasteiger partial charge in [0, 0.05) is 13.0 Å². The molecule has 24 heavy (non-hydrogen) atoms. The Morgan fingerprint density at radius 2 is 1.92 bits per heavy atom. The summed E-state index contributed by atoms with van der Waals surface area (Å²) >= 11 is 0. The molecular formula is C19H20N2O3. The molecule has 5 heteroatoms. The lowest BCUT2D eigenvalue weighted by atomic mass is 9.95. The highest BCUT2D eigenvalue weighted by Crippen LogP contribution is 2.23. The average molecular weight is 324 g/mol. The SMILES string of the molecule is COC(C(=O)Oc1nc2ccc(C)cc2[nH]1)C(C)c1ccccc1. The van der Waals surface area contributed by atoms with Crippen LogP contribution >= 0.6 is 0 Å². The molecule has 0 fully saturated rings. The maximum absolute atomic E-state index is 12.5. The number of esters is 1. The van der Waals surface area contributed by atoms with E-state index in [-0.39, 0.29) is 11.9 Å². The minimum Gasteiger partial charge on any atom is -0.390 e. The van der Waals surface area contributed by atoms with Gasteiger partial charge in [0.2, 0.25) is 0 Å². The van der Waals surface area contributed by atoms with Crippen molar-refractivity contribution in [1.29, 1.82) is 0 Å². The zero-order valence-corrected chi connectivity index (χ0v) is 13.9. The Kier molecular flexibility index (Phi) is 4.62. The molecule has 3 aromatic rings. The Morgan fingerprint density at radius 1 is 1.17 bits per heavy atom. The number of aryl methyl sites for hydroxylation is 1. The number of carbonyl (C=O) groups is 1. The van der Waals surface area contributed by atoms with Crippen LogP contribution < -0.4 is 4.74 Å². The molecule has 0 radical (unpaired) electrons. The molecule has 1 aromatic heterocycles. The fraction of sp³-hybridized carbons (Fsp3) is 0.263. The molecule has 0 amide bonds. The first-order valence-corrected chi connectivity index (χ1v) is 7.84. The predicted molar refractivity (Wildman–Crippen MR) is 92.1 cm³/mol. The molecule has 1 heterocycles. The Morgan fingerprint density at radius 3 is 2.62 bits per heavy atom. The summed E-state index contributed by atoms with van der Waals surface area (Å²) in [5.74, 6) is -0.597. The minimum absolute atomic E-state index is 0.129. The molecule has 0 saturated carbocycles. The number of fused-ring (bicyclic) bond motifs is 1. The van der Waals surface area contributed by atoms with Crippen LogP contribution in [0, 0.1) is 6.92 Å². The van der Waals surface area contributed by atoms with Gasteiger partial charge in [-0.15, -0.1) is 0 Å². The predicted octanol–water partition coefficient (Wildman–Crippen LogP) is 3.60. The van der Waals surface area contributed by atoms with Gasteiger partial charge in [-0.3, -0.25) is 0 Å². The minimum atomic E-state index is -0.706. The fourth-order valence-corrected chi connectivity index (χ4v) is 2.74. The number of nitrogens with one attached hydrogen (secondary N) is 1. The summed E-state index contributed by atoms with van der Waals surface area (Å²) in [6, 6.07) is 15.7. The topological polar surface area (TPSA) is 64.2 Å². The molecule has 124 valence electrons. The summed E-state index contributed by atoms with van der Waals surface area (Å²) in [6.45, 7) is 3.93. The van der Waals surface area contributed by atoms with E-state index in [0.29, 0.717) is 0 Å². The third-order valence-corrected chi connectivity index (χ3v) is 4.08. The summed E-state index contributed by atoms with van der Waals surface area (Å²) in [4.78, 5) is 19.8. The van der Waals surface area contributed by atoms with Gasteiger partial charge in [-0.1, -0.05) is 43.3 Å². The van der Waals surface area contributed by atoms with Crippen molar-refractivity contribution in [3.05, 3.63) is 59.7 Å². The van der Waals surface area contributed by atoms with E-state index in [1.807, 2.05) is 62.4 Å². The fourth-order valence-electron chi connectivity index (χ4n) is 2.74. The van der Waals surface area contributed by atoms with Gasteiger partial charge in [0.25, 0.3) is 0 Å². The molecule has 3 rings (SSSR count). The largest absolute Gasteiger partial charge is 0.390 e. The molecule has 5 nitrogen and oxygen atoms in total. The van der Waals surface area contributed by atoms with Crippen molar-refractivity contribution in [2.75, 3.05) is 7.11 Å². The quantitative estimate of drug-likeness (QED) is 0.728. The molecular weight excluding hydrogens is 304 g/mol. The number of carbonyl (C=O) groups excluding carboxylic acids is 1. The van der Waals surface area contributed by atoms with Crippen LogP contribution in [0.1, 0.15) is 24.0 Å². The number of ether oxygens (including phenoxy) is 2. The van der Waals surface area contributed by atoms with Crippen molar-refractivity contribution in [2.24, 2.45) is 0 Å². The van der Waals surface area contributed by atoms with Crippen LogP contribution in [0.4, 0.5) is 0 Å². The number of hydrogen-bond acceptors (Lipinski definition) is 4. The lowest BCUT2D eigenvalue weighted by Crippen LogP contribution is -2.32. The summed E-state index contributed by atoms with van der Waals surface area (Å²) in [5, 5.41) is 0. The summed E-state index contributed by atoms with van der Waals surface area (Å²) in [5.41, 5.74) is 3.72. The van der Waals surface area contributed by atoms with E-state index in [0.717, 1.165) is 22.2 Å². The number of aromatic nitrogens is 2. The smallest absolute Gasteiger partial charge is 0.343 e. The van der Waals surface area contributed by atoms with Crippen LogP contribution in [0.25, 0.3) is 11.0 Å². The van der Waals surface area contributed by atoms with Gasteiger partial charge in [-0.25, -0.2) is 4.79 Å². The first-order chi connectivity index (χ1) is 11.6. The van der Waals surface area contributed by atoms with Gasteiger partial charge < -0.3 is 14.5 Å². The van der Waals surface area contributed by atoms with Crippen LogP contribution in [0.3, 0.4) is 0 Å².